The third kappa shape index (κ3) is 4.02. The number of carbonyl (C=O) groups is 1. The number of aliphatic carboxylic acids is 1. The second-order valence-electron chi connectivity index (χ2n) is 4.57. The van der Waals surface area contributed by atoms with Crippen molar-refractivity contribution >= 4 is 16.0 Å². The predicted molar refractivity (Wildman–Crippen MR) is 75.6 cm³/mol. The molecule has 0 aromatic carbocycles. The largest absolute Gasteiger partial charge is 0.480 e. The van der Waals surface area contributed by atoms with Gasteiger partial charge in [-0.25, -0.2) is 8.42 Å². The first-order valence-corrected chi connectivity index (χ1v) is 7.95. The number of carboxylic acid groups (broad SMARTS) is 1. The SMILES string of the molecule is CCOCCN(C)S(=O)(=O)c1c(C)nn(CC(=O)O)c1C. The molecule has 1 heterocycles. The maximum absolute atomic E-state index is 12.5. The van der Waals surface area contributed by atoms with Crippen LogP contribution in [-0.2, 0) is 26.1 Å². The summed E-state index contributed by atoms with van der Waals surface area (Å²) in [4.78, 5) is 10.8. The smallest absolute Gasteiger partial charge is 0.325 e. The number of aromatic nitrogens is 2. The number of hydrogen-bond acceptors (Lipinski definition) is 5. The van der Waals surface area contributed by atoms with Crippen LogP contribution in [0.25, 0.3) is 0 Å². The first-order chi connectivity index (χ1) is 9.71. The molecule has 0 saturated heterocycles. The Morgan fingerprint density at radius 3 is 2.57 bits per heavy atom. The van der Waals surface area contributed by atoms with Gasteiger partial charge < -0.3 is 9.84 Å². The average molecular weight is 319 g/mol. The number of likely N-dealkylation sites (N-methyl/N-ethyl adjacent to an activating group) is 1. The van der Waals surface area contributed by atoms with E-state index in [0.29, 0.717) is 18.9 Å². The number of carboxylic acids is 1. The number of rotatable bonds is 8. The zero-order valence-electron chi connectivity index (χ0n) is 12.7. The Balaban J connectivity index is 3.08. The average Bonchev–Trinajstić information content (AvgIpc) is 2.64. The molecule has 0 radical (unpaired) electrons. The van der Waals surface area contributed by atoms with Crippen LogP contribution in [0.4, 0.5) is 0 Å². The van der Waals surface area contributed by atoms with Gasteiger partial charge in [-0.2, -0.15) is 9.40 Å². The van der Waals surface area contributed by atoms with E-state index in [4.69, 9.17) is 9.84 Å². The molecule has 9 heteroatoms. The molecule has 8 nitrogen and oxygen atoms in total. The van der Waals surface area contributed by atoms with Crippen molar-refractivity contribution in [1.29, 1.82) is 0 Å². The summed E-state index contributed by atoms with van der Waals surface area (Å²) in [6.45, 7) is 5.60. The van der Waals surface area contributed by atoms with Crippen LogP contribution < -0.4 is 0 Å². The molecule has 0 spiro atoms. The van der Waals surface area contributed by atoms with E-state index in [2.05, 4.69) is 5.10 Å². The summed E-state index contributed by atoms with van der Waals surface area (Å²) in [5.74, 6) is -1.07. The molecule has 1 aromatic heterocycles. The van der Waals surface area contributed by atoms with Crippen LogP contribution in [0.5, 0.6) is 0 Å². The second kappa shape index (κ2) is 7.01. The Kier molecular flexibility index (Phi) is 5.87. The van der Waals surface area contributed by atoms with Crippen molar-refractivity contribution in [2.24, 2.45) is 0 Å². The van der Waals surface area contributed by atoms with Gasteiger partial charge in [0.05, 0.1) is 18.0 Å². The normalized spacial score (nSPS) is 12.0. The maximum Gasteiger partial charge on any atom is 0.325 e. The third-order valence-electron chi connectivity index (χ3n) is 3.02. The highest BCUT2D eigenvalue weighted by molar-refractivity contribution is 7.89. The molecule has 0 bridgehead atoms. The Bertz CT molecular complexity index is 609. The first-order valence-electron chi connectivity index (χ1n) is 6.51. The fourth-order valence-corrected chi connectivity index (χ4v) is 3.47. The van der Waals surface area contributed by atoms with Gasteiger partial charge in [-0.05, 0) is 20.8 Å². The topological polar surface area (TPSA) is 102 Å². The second-order valence-corrected chi connectivity index (χ2v) is 6.56. The zero-order valence-corrected chi connectivity index (χ0v) is 13.5. The predicted octanol–water partition coefficient (Wildman–Crippen LogP) is 0.242. The molecule has 0 unspecified atom stereocenters. The van der Waals surface area contributed by atoms with Gasteiger partial charge >= 0.3 is 5.97 Å². The number of aryl methyl sites for hydroxylation is 1. The lowest BCUT2D eigenvalue weighted by Crippen LogP contribution is -2.31. The molecule has 0 aliphatic carbocycles. The molecular weight excluding hydrogens is 298 g/mol. The molecule has 0 saturated carbocycles. The zero-order chi connectivity index (χ0) is 16.2. The van der Waals surface area contributed by atoms with Gasteiger partial charge in [-0.1, -0.05) is 0 Å². The minimum atomic E-state index is -3.72. The summed E-state index contributed by atoms with van der Waals surface area (Å²) in [5, 5.41) is 12.8. The van der Waals surface area contributed by atoms with Gasteiger partial charge in [-0.3, -0.25) is 9.48 Å². The highest BCUT2D eigenvalue weighted by atomic mass is 32.2. The number of hydrogen-bond donors (Lipinski definition) is 1. The van der Waals surface area contributed by atoms with Crippen molar-refractivity contribution < 1.29 is 23.1 Å². The van der Waals surface area contributed by atoms with Gasteiger partial charge in [0, 0.05) is 20.2 Å². The molecule has 0 fully saturated rings. The summed E-state index contributed by atoms with van der Waals surface area (Å²) in [5.41, 5.74) is 0.607. The Morgan fingerprint density at radius 2 is 2.05 bits per heavy atom. The monoisotopic (exact) mass is 319 g/mol. The van der Waals surface area contributed by atoms with Crippen molar-refractivity contribution in [2.45, 2.75) is 32.2 Å². The van der Waals surface area contributed by atoms with E-state index in [-0.39, 0.29) is 23.7 Å². The molecule has 0 atom stereocenters. The van der Waals surface area contributed by atoms with E-state index in [0.717, 1.165) is 0 Å². The summed E-state index contributed by atoms with van der Waals surface area (Å²) in [6, 6.07) is 0. The van der Waals surface area contributed by atoms with Crippen LogP contribution in [-0.4, -0.2) is 60.4 Å². The quantitative estimate of drug-likeness (QED) is 0.689. The first kappa shape index (κ1) is 17.6. The summed E-state index contributed by atoms with van der Waals surface area (Å²) in [7, 11) is -2.26. The minimum absolute atomic E-state index is 0.0581. The van der Waals surface area contributed by atoms with Crippen molar-refractivity contribution in [3.05, 3.63) is 11.4 Å². The summed E-state index contributed by atoms with van der Waals surface area (Å²) in [6.07, 6.45) is 0. The van der Waals surface area contributed by atoms with Crippen molar-refractivity contribution in [3.63, 3.8) is 0 Å². The van der Waals surface area contributed by atoms with Gasteiger partial charge in [0.15, 0.2) is 0 Å². The molecule has 0 amide bonds. The van der Waals surface area contributed by atoms with Crippen LogP contribution in [0, 0.1) is 13.8 Å². The van der Waals surface area contributed by atoms with E-state index in [1.807, 2.05) is 6.92 Å². The molecular formula is C12H21N3O5S. The van der Waals surface area contributed by atoms with Crippen LogP contribution in [0.2, 0.25) is 0 Å². The molecule has 0 aliphatic rings. The Morgan fingerprint density at radius 1 is 1.43 bits per heavy atom. The summed E-state index contributed by atoms with van der Waals surface area (Å²) >= 11 is 0. The molecule has 21 heavy (non-hydrogen) atoms. The van der Waals surface area contributed by atoms with Gasteiger partial charge in [0.1, 0.15) is 11.4 Å². The Hall–Kier alpha value is -1.45. The van der Waals surface area contributed by atoms with Gasteiger partial charge in [-0.15, -0.1) is 0 Å². The van der Waals surface area contributed by atoms with E-state index in [1.165, 1.54) is 16.0 Å². The molecule has 1 aromatic rings. The van der Waals surface area contributed by atoms with E-state index in [1.54, 1.807) is 13.8 Å². The minimum Gasteiger partial charge on any atom is -0.480 e. The number of ether oxygens (including phenoxy) is 1. The fourth-order valence-electron chi connectivity index (χ4n) is 1.95. The van der Waals surface area contributed by atoms with Crippen molar-refractivity contribution in [2.75, 3.05) is 26.8 Å². The third-order valence-corrected chi connectivity index (χ3v) is 5.13. The molecule has 1 N–H and O–H groups in total. The van der Waals surface area contributed by atoms with Crippen LogP contribution >= 0.6 is 0 Å². The van der Waals surface area contributed by atoms with Crippen LogP contribution in [0.15, 0.2) is 4.90 Å². The van der Waals surface area contributed by atoms with Crippen LogP contribution in [0.3, 0.4) is 0 Å². The molecule has 120 valence electrons. The lowest BCUT2D eigenvalue weighted by atomic mass is 10.4. The van der Waals surface area contributed by atoms with Crippen LogP contribution in [0.1, 0.15) is 18.3 Å². The van der Waals surface area contributed by atoms with Crippen molar-refractivity contribution in [3.8, 4) is 0 Å². The standard InChI is InChI=1S/C12H21N3O5S/c1-5-20-7-6-14(4)21(18,19)12-9(2)13-15(10(12)3)8-11(16)17/h5-8H2,1-4H3,(H,16,17). The van der Waals surface area contributed by atoms with Gasteiger partial charge in [0.25, 0.3) is 0 Å². The highest BCUT2D eigenvalue weighted by Gasteiger charge is 2.28. The summed E-state index contributed by atoms with van der Waals surface area (Å²) < 4.78 is 32.6. The van der Waals surface area contributed by atoms with E-state index >= 15 is 0 Å². The van der Waals surface area contributed by atoms with Crippen molar-refractivity contribution in [1.82, 2.24) is 14.1 Å². The molecule has 1 rings (SSSR count). The lowest BCUT2D eigenvalue weighted by molar-refractivity contribution is -0.137. The Labute approximate surface area is 124 Å². The van der Waals surface area contributed by atoms with E-state index < -0.39 is 16.0 Å². The van der Waals surface area contributed by atoms with Gasteiger partial charge in [0.2, 0.25) is 10.0 Å². The lowest BCUT2D eigenvalue weighted by Gasteiger charge is -2.17. The van der Waals surface area contributed by atoms with E-state index in [9.17, 15) is 13.2 Å². The maximum atomic E-state index is 12.5. The molecule has 0 aliphatic heterocycles. The number of nitrogens with zero attached hydrogens (tertiary/aromatic N) is 3. The highest BCUT2D eigenvalue weighted by Crippen LogP contribution is 2.22. The number of sulfonamides is 1. The fraction of sp³-hybridized carbons (Fsp3) is 0.667.